The number of carbonyl (C=O) groups excluding carboxylic acids is 1. The molecule has 2 amide bonds. The van der Waals surface area contributed by atoms with E-state index in [9.17, 15) is 4.79 Å². The molecule has 2 heterocycles. The summed E-state index contributed by atoms with van der Waals surface area (Å²) in [5.41, 5.74) is 1.51. The summed E-state index contributed by atoms with van der Waals surface area (Å²) >= 11 is 13.5. The third-order valence-electron chi connectivity index (χ3n) is 4.44. The van der Waals surface area contributed by atoms with Gasteiger partial charge >= 0.3 is 6.03 Å². The summed E-state index contributed by atoms with van der Waals surface area (Å²) in [5.74, 6) is 0. The number of fused-ring (bicyclic) bond motifs is 1. The van der Waals surface area contributed by atoms with Gasteiger partial charge in [0.15, 0.2) is 0 Å². The predicted molar refractivity (Wildman–Crippen MR) is 110 cm³/mol. The average molecular weight is 422 g/mol. The number of para-hydroxylation sites is 1. The Morgan fingerprint density at radius 3 is 2.59 bits per heavy atom. The molecule has 1 aliphatic rings. The number of nitrogens with zero attached hydrogens (tertiary/aromatic N) is 2. The van der Waals surface area contributed by atoms with E-state index in [1.807, 2.05) is 18.2 Å². The number of anilines is 1. The summed E-state index contributed by atoms with van der Waals surface area (Å²) in [5, 5.41) is 4.79. The van der Waals surface area contributed by atoms with Crippen molar-refractivity contribution in [1.82, 2.24) is 9.88 Å². The van der Waals surface area contributed by atoms with E-state index in [2.05, 4.69) is 10.3 Å². The van der Waals surface area contributed by atoms with Gasteiger partial charge < -0.3 is 15.0 Å². The Kier molecular flexibility index (Phi) is 5.38. The molecule has 140 valence electrons. The van der Waals surface area contributed by atoms with Crippen LogP contribution < -0.4 is 10.1 Å². The molecule has 1 fully saturated rings. The van der Waals surface area contributed by atoms with Crippen LogP contribution in [0.5, 0.6) is 5.19 Å². The maximum atomic E-state index is 12.4. The van der Waals surface area contributed by atoms with Crippen molar-refractivity contribution in [3.63, 3.8) is 0 Å². The van der Waals surface area contributed by atoms with Gasteiger partial charge in [-0.3, -0.25) is 0 Å². The lowest BCUT2D eigenvalue weighted by Gasteiger charge is -2.31. The van der Waals surface area contributed by atoms with Crippen LogP contribution in [0.1, 0.15) is 12.8 Å². The van der Waals surface area contributed by atoms with Crippen molar-refractivity contribution in [1.29, 1.82) is 0 Å². The number of amides is 2. The van der Waals surface area contributed by atoms with Gasteiger partial charge in [-0.2, -0.15) is 0 Å². The second-order valence-electron chi connectivity index (χ2n) is 6.31. The van der Waals surface area contributed by atoms with Crippen molar-refractivity contribution in [3.05, 3.63) is 52.5 Å². The minimum Gasteiger partial charge on any atom is -0.467 e. The van der Waals surface area contributed by atoms with E-state index in [4.69, 9.17) is 27.9 Å². The summed E-state index contributed by atoms with van der Waals surface area (Å²) in [6.07, 6.45) is 1.57. The molecule has 0 atom stereocenters. The summed E-state index contributed by atoms with van der Waals surface area (Å²) in [4.78, 5) is 18.7. The monoisotopic (exact) mass is 421 g/mol. The molecule has 1 aromatic heterocycles. The molecular weight excluding hydrogens is 405 g/mol. The van der Waals surface area contributed by atoms with E-state index in [0.717, 1.165) is 28.7 Å². The SMILES string of the molecule is O=C(Nc1ccc(Cl)cc1)N1CCC(Oc2nc3c(Cl)cccc3s2)CC1. The third-order valence-corrected chi connectivity index (χ3v) is 5.91. The number of halogens is 2. The van der Waals surface area contributed by atoms with E-state index >= 15 is 0 Å². The molecule has 0 unspecified atom stereocenters. The van der Waals surface area contributed by atoms with E-state index in [-0.39, 0.29) is 12.1 Å². The Morgan fingerprint density at radius 1 is 1.15 bits per heavy atom. The molecule has 3 aromatic rings. The number of aromatic nitrogens is 1. The molecule has 5 nitrogen and oxygen atoms in total. The largest absolute Gasteiger partial charge is 0.467 e. The first-order valence-corrected chi connectivity index (χ1v) is 10.2. The van der Waals surface area contributed by atoms with Crippen molar-refractivity contribution < 1.29 is 9.53 Å². The quantitative estimate of drug-likeness (QED) is 0.591. The second-order valence-corrected chi connectivity index (χ2v) is 8.14. The Hall–Kier alpha value is -2.02. The molecule has 2 aromatic carbocycles. The highest BCUT2D eigenvalue weighted by atomic mass is 35.5. The zero-order chi connectivity index (χ0) is 18.8. The number of hydrogen-bond donors (Lipinski definition) is 1. The van der Waals surface area contributed by atoms with Crippen molar-refractivity contribution in [2.24, 2.45) is 0 Å². The van der Waals surface area contributed by atoms with Gasteiger partial charge in [0, 0.05) is 36.6 Å². The van der Waals surface area contributed by atoms with Gasteiger partial charge in [-0.25, -0.2) is 9.78 Å². The van der Waals surface area contributed by atoms with Gasteiger partial charge in [-0.1, -0.05) is 40.6 Å². The standard InChI is InChI=1S/C19H17Cl2N3O2S/c20-12-4-6-13(7-5-12)22-18(25)24-10-8-14(9-11-24)26-19-23-17-15(21)2-1-3-16(17)27-19/h1-7,14H,8-11H2,(H,22,25). The zero-order valence-electron chi connectivity index (χ0n) is 14.3. The van der Waals surface area contributed by atoms with Crippen LogP contribution in [0, 0.1) is 0 Å². The lowest BCUT2D eigenvalue weighted by molar-refractivity contribution is 0.115. The van der Waals surface area contributed by atoms with Gasteiger partial charge in [-0.15, -0.1) is 0 Å². The molecule has 1 N–H and O–H groups in total. The van der Waals surface area contributed by atoms with Gasteiger partial charge in [-0.05, 0) is 36.4 Å². The lowest BCUT2D eigenvalue weighted by Crippen LogP contribution is -2.43. The fraction of sp³-hybridized carbons (Fsp3) is 0.263. The summed E-state index contributed by atoms with van der Waals surface area (Å²) in [6, 6.07) is 12.7. The Morgan fingerprint density at radius 2 is 1.89 bits per heavy atom. The van der Waals surface area contributed by atoms with Crippen LogP contribution in [0.15, 0.2) is 42.5 Å². The van der Waals surface area contributed by atoms with Crippen LogP contribution in [0.3, 0.4) is 0 Å². The normalized spacial score (nSPS) is 15.1. The molecule has 1 saturated heterocycles. The number of thiazole rings is 1. The number of rotatable bonds is 3. The van der Waals surface area contributed by atoms with Gasteiger partial charge in [0.2, 0.25) is 0 Å². The first-order valence-electron chi connectivity index (χ1n) is 8.62. The number of urea groups is 1. The van der Waals surface area contributed by atoms with Crippen LogP contribution >= 0.6 is 34.5 Å². The van der Waals surface area contributed by atoms with Crippen LogP contribution in [-0.2, 0) is 0 Å². The molecule has 0 radical (unpaired) electrons. The highest BCUT2D eigenvalue weighted by Crippen LogP contribution is 2.33. The number of nitrogens with one attached hydrogen (secondary N) is 1. The Balaban J connectivity index is 1.32. The number of likely N-dealkylation sites (tertiary alicyclic amines) is 1. The fourth-order valence-electron chi connectivity index (χ4n) is 3.00. The summed E-state index contributed by atoms with van der Waals surface area (Å²) in [7, 11) is 0. The maximum absolute atomic E-state index is 12.4. The number of hydrogen-bond acceptors (Lipinski definition) is 4. The number of benzene rings is 2. The summed E-state index contributed by atoms with van der Waals surface area (Å²) < 4.78 is 7.04. The van der Waals surface area contributed by atoms with Crippen LogP contribution in [0.25, 0.3) is 10.2 Å². The molecule has 0 saturated carbocycles. The van der Waals surface area contributed by atoms with E-state index in [0.29, 0.717) is 28.3 Å². The van der Waals surface area contributed by atoms with Crippen molar-refractivity contribution in [2.75, 3.05) is 18.4 Å². The van der Waals surface area contributed by atoms with Gasteiger partial charge in [0.25, 0.3) is 5.19 Å². The Labute approximate surface area is 170 Å². The van der Waals surface area contributed by atoms with E-state index in [1.165, 1.54) is 11.3 Å². The lowest BCUT2D eigenvalue weighted by atomic mass is 10.1. The third kappa shape index (κ3) is 4.29. The van der Waals surface area contributed by atoms with E-state index < -0.39 is 0 Å². The molecule has 0 spiro atoms. The highest BCUT2D eigenvalue weighted by Gasteiger charge is 2.25. The topological polar surface area (TPSA) is 54.5 Å². The highest BCUT2D eigenvalue weighted by molar-refractivity contribution is 7.20. The predicted octanol–water partition coefficient (Wildman–Crippen LogP) is 5.68. The average Bonchev–Trinajstić information content (AvgIpc) is 3.08. The van der Waals surface area contributed by atoms with E-state index in [1.54, 1.807) is 29.2 Å². The Bertz CT molecular complexity index is 953. The molecular formula is C19H17Cl2N3O2S. The van der Waals surface area contributed by atoms with Crippen LogP contribution in [0.4, 0.5) is 10.5 Å². The molecule has 27 heavy (non-hydrogen) atoms. The first kappa shape index (κ1) is 18.3. The van der Waals surface area contributed by atoms with Gasteiger partial charge in [0.1, 0.15) is 11.6 Å². The minimum atomic E-state index is -0.109. The first-order chi connectivity index (χ1) is 13.1. The maximum Gasteiger partial charge on any atom is 0.321 e. The van der Waals surface area contributed by atoms with Crippen molar-refractivity contribution >= 4 is 56.5 Å². The molecule has 4 rings (SSSR count). The fourth-order valence-corrected chi connectivity index (χ4v) is 4.31. The summed E-state index contributed by atoms with van der Waals surface area (Å²) in [6.45, 7) is 1.27. The number of ether oxygens (including phenoxy) is 1. The van der Waals surface area contributed by atoms with Crippen LogP contribution in [-0.4, -0.2) is 35.1 Å². The second kappa shape index (κ2) is 7.92. The van der Waals surface area contributed by atoms with Gasteiger partial charge in [0.05, 0.1) is 9.72 Å². The number of carbonyl (C=O) groups is 1. The van der Waals surface area contributed by atoms with Crippen molar-refractivity contribution in [2.45, 2.75) is 18.9 Å². The van der Waals surface area contributed by atoms with Crippen LogP contribution in [0.2, 0.25) is 10.0 Å². The molecule has 0 aliphatic carbocycles. The number of piperidine rings is 1. The minimum absolute atomic E-state index is 0.0453. The zero-order valence-corrected chi connectivity index (χ0v) is 16.7. The van der Waals surface area contributed by atoms with Crippen molar-refractivity contribution in [3.8, 4) is 5.19 Å². The smallest absolute Gasteiger partial charge is 0.321 e. The molecule has 0 bridgehead atoms. The molecule has 1 aliphatic heterocycles. The molecule has 8 heteroatoms.